The van der Waals surface area contributed by atoms with Crippen LogP contribution in [0.1, 0.15) is 38.5 Å². The van der Waals surface area contributed by atoms with Gasteiger partial charge in [-0.25, -0.2) is 4.79 Å². The van der Waals surface area contributed by atoms with Gasteiger partial charge in [-0.2, -0.15) is 0 Å². The molecule has 0 bridgehead atoms. The van der Waals surface area contributed by atoms with Crippen molar-refractivity contribution < 1.29 is 19.0 Å². The molecule has 7 heteroatoms. The number of ether oxygens (including phenoxy) is 3. The molecule has 0 radical (unpaired) electrons. The van der Waals surface area contributed by atoms with Crippen LogP contribution in [0.5, 0.6) is 11.5 Å². The van der Waals surface area contributed by atoms with E-state index in [1.54, 1.807) is 32.4 Å². The third kappa shape index (κ3) is 8.79. The molecule has 0 aliphatic carbocycles. The maximum Gasteiger partial charge on any atom is 0.321 e. The molecule has 0 saturated carbocycles. The quantitative estimate of drug-likeness (QED) is 0.369. The van der Waals surface area contributed by atoms with E-state index in [4.69, 9.17) is 14.2 Å². The maximum atomic E-state index is 12.6. The van der Waals surface area contributed by atoms with E-state index < -0.39 is 0 Å². The van der Waals surface area contributed by atoms with Crippen LogP contribution < -0.4 is 14.8 Å². The predicted octanol–water partition coefficient (Wildman–Crippen LogP) is 4.39. The number of likely N-dealkylation sites (tertiary alicyclic amines) is 1. The lowest BCUT2D eigenvalue weighted by Gasteiger charge is -2.32. The fraction of sp³-hybridized carbons (Fsp3) is 0.625. The molecule has 0 spiro atoms. The molecule has 174 valence electrons. The van der Waals surface area contributed by atoms with Gasteiger partial charge < -0.3 is 29.3 Å². The lowest BCUT2D eigenvalue weighted by Crippen LogP contribution is -2.43. The van der Waals surface area contributed by atoms with Gasteiger partial charge in [0.15, 0.2) is 0 Å². The molecule has 1 N–H and O–H groups in total. The number of methoxy groups -OCH3 is 2. The van der Waals surface area contributed by atoms with E-state index in [1.807, 2.05) is 11.0 Å². The number of likely N-dealkylation sites (N-methyl/N-ethyl adjacent to an activating group) is 1. The summed E-state index contributed by atoms with van der Waals surface area (Å²) in [5.41, 5.74) is 0.641. The summed E-state index contributed by atoms with van der Waals surface area (Å²) < 4.78 is 16.6. The summed E-state index contributed by atoms with van der Waals surface area (Å²) in [5.74, 6) is 1.27. The molecule has 2 rings (SSSR count). The molecule has 1 aliphatic rings. The number of anilines is 1. The largest absolute Gasteiger partial charge is 0.497 e. The second-order valence-electron chi connectivity index (χ2n) is 8.02. The summed E-state index contributed by atoms with van der Waals surface area (Å²) in [5, 5.41) is 2.94. The minimum Gasteiger partial charge on any atom is -0.497 e. The highest BCUT2D eigenvalue weighted by Gasteiger charge is 2.23. The number of piperidine rings is 1. The molecule has 0 atom stereocenters. The van der Waals surface area contributed by atoms with E-state index in [9.17, 15) is 4.79 Å². The van der Waals surface area contributed by atoms with Crippen molar-refractivity contribution in [3.63, 3.8) is 0 Å². The molecule has 31 heavy (non-hydrogen) atoms. The molecule has 0 aromatic heterocycles. The summed E-state index contributed by atoms with van der Waals surface area (Å²) in [4.78, 5) is 16.8. The average molecular weight is 434 g/mol. The van der Waals surface area contributed by atoms with E-state index in [0.717, 1.165) is 39.0 Å². The second-order valence-corrected chi connectivity index (χ2v) is 8.02. The molecule has 1 saturated heterocycles. The molecule has 1 aromatic carbocycles. The van der Waals surface area contributed by atoms with Crippen LogP contribution >= 0.6 is 0 Å². The fourth-order valence-corrected chi connectivity index (χ4v) is 3.72. The van der Waals surface area contributed by atoms with Gasteiger partial charge in [0, 0.05) is 32.3 Å². The monoisotopic (exact) mass is 433 g/mol. The maximum absolute atomic E-state index is 12.6. The summed E-state index contributed by atoms with van der Waals surface area (Å²) in [6.07, 6.45) is 8.70. The van der Waals surface area contributed by atoms with Gasteiger partial charge in [-0.3, -0.25) is 0 Å². The van der Waals surface area contributed by atoms with Crippen molar-refractivity contribution in [2.45, 2.75) is 44.6 Å². The molecule has 7 nitrogen and oxygen atoms in total. The van der Waals surface area contributed by atoms with Crippen molar-refractivity contribution in [3.05, 3.63) is 30.9 Å². The first-order valence-electron chi connectivity index (χ1n) is 11.3. The summed E-state index contributed by atoms with van der Waals surface area (Å²) >= 11 is 0. The number of benzene rings is 1. The molecular formula is C24H39N3O4. The van der Waals surface area contributed by atoms with Gasteiger partial charge >= 0.3 is 6.03 Å². The highest BCUT2D eigenvalue weighted by Crippen LogP contribution is 2.29. The van der Waals surface area contributed by atoms with Crippen molar-refractivity contribution in [2.24, 2.45) is 0 Å². The average Bonchev–Trinajstić information content (AvgIpc) is 2.79. The number of rotatable bonds is 13. The van der Waals surface area contributed by atoms with Crippen molar-refractivity contribution in [1.82, 2.24) is 9.80 Å². The Hall–Kier alpha value is -2.25. The third-order valence-electron chi connectivity index (χ3n) is 5.61. The molecule has 2 amide bonds. The number of carbonyl (C=O) groups excluding carboxylic acids is 1. The van der Waals surface area contributed by atoms with Crippen molar-refractivity contribution in [3.8, 4) is 11.5 Å². The Labute approximate surface area is 187 Å². The van der Waals surface area contributed by atoms with Gasteiger partial charge in [-0.05, 0) is 51.4 Å². The van der Waals surface area contributed by atoms with Crippen LogP contribution in [0.2, 0.25) is 0 Å². The highest BCUT2D eigenvalue weighted by molar-refractivity contribution is 5.91. The SMILES string of the molecule is C=CCN(C)CCCCCCOC1CCN(C(=O)Nc2ccc(OC)cc2OC)CC1. The van der Waals surface area contributed by atoms with Gasteiger partial charge in [0.2, 0.25) is 0 Å². The number of carbonyl (C=O) groups is 1. The Morgan fingerprint density at radius 1 is 1.19 bits per heavy atom. The highest BCUT2D eigenvalue weighted by atomic mass is 16.5. The van der Waals surface area contributed by atoms with Gasteiger partial charge in [0.1, 0.15) is 11.5 Å². The van der Waals surface area contributed by atoms with Gasteiger partial charge in [0.05, 0.1) is 26.0 Å². The van der Waals surface area contributed by atoms with Crippen LogP contribution in [0, 0.1) is 0 Å². The molecule has 1 aromatic rings. The second kappa shape index (κ2) is 13.9. The Morgan fingerprint density at radius 2 is 1.94 bits per heavy atom. The van der Waals surface area contributed by atoms with Crippen molar-refractivity contribution in [1.29, 1.82) is 0 Å². The zero-order valence-corrected chi connectivity index (χ0v) is 19.4. The number of urea groups is 1. The minimum atomic E-state index is -0.108. The summed E-state index contributed by atoms with van der Waals surface area (Å²) in [6.45, 7) is 8.05. The number of hydrogen-bond acceptors (Lipinski definition) is 5. The van der Waals surface area contributed by atoms with E-state index in [2.05, 4.69) is 23.8 Å². The van der Waals surface area contributed by atoms with Crippen LogP contribution in [0.3, 0.4) is 0 Å². The van der Waals surface area contributed by atoms with Crippen LogP contribution in [-0.2, 0) is 4.74 Å². The number of unbranched alkanes of at least 4 members (excludes halogenated alkanes) is 3. The van der Waals surface area contributed by atoms with E-state index in [-0.39, 0.29) is 12.1 Å². The topological polar surface area (TPSA) is 63.3 Å². The Bertz CT molecular complexity index is 675. The molecule has 1 heterocycles. The molecule has 1 aliphatic heterocycles. The van der Waals surface area contributed by atoms with Crippen LogP contribution in [-0.4, -0.2) is 76.0 Å². The lowest BCUT2D eigenvalue weighted by atomic mass is 10.1. The molecular weight excluding hydrogens is 394 g/mol. The first-order valence-corrected chi connectivity index (χ1v) is 11.3. The number of nitrogens with zero attached hydrogens (tertiary/aromatic N) is 2. The van der Waals surface area contributed by atoms with Gasteiger partial charge in [-0.1, -0.05) is 18.9 Å². The van der Waals surface area contributed by atoms with Crippen LogP contribution in [0.15, 0.2) is 30.9 Å². The Balaban J connectivity index is 1.61. The predicted molar refractivity (Wildman–Crippen MR) is 125 cm³/mol. The summed E-state index contributed by atoms with van der Waals surface area (Å²) in [7, 11) is 5.31. The Kier molecular flexibility index (Phi) is 11.2. The molecule has 1 fully saturated rings. The van der Waals surface area contributed by atoms with Gasteiger partial charge in [-0.15, -0.1) is 6.58 Å². The first kappa shape index (κ1) is 25.0. The first-order chi connectivity index (χ1) is 15.1. The number of amides is 2. The summed E-state index contributed by atoms with van der Waals surface area (Å²) in [6, 6.07) is 5.25. The number of nitrogens with one attached hydrogen (secondary N) is 1. The van der Waals surface area contributed by atoms with Crippen molar-refractivity contribution in [2.75, 3.05) is 59.4 Å². The Morgan fingerprint density at radius 3 is 2.61 bits per heavy atom. The zero-order valence-electron chi connectivity index (χ0n) is 19.4. The fourth-order valence-electron chi connectivity index (χ4n) is 3.72. The number of hydrogen-bond donors (Lipinski definition) is 1. The molecule has 0 unspecified atom stereocenters. The van der Waals surface area contributed by atoms with E-state index in [0.29, 0.717) is 30.3 Å². The van der Waals surface area contributed by atoms with Crippen LogP contribution in [0.4, 0.5) is 10.5 Å². The van der Waals surface area contributed by atoms with Gasteiger partial charge in [0.25, 0.3) is 0 Å². The standard InChI is InChI=1S/C24H39N3O4/c1-5-14-26(2)15-8-6-7-9-18-31-20-12-16-27(17-13-20)24(28)25-22-11-10-21(29-3)19-23(22)30-4/h5,10-11,19-20H,1,6-9,12-18H2,2-4H3,(H,25,28). The third-order valence-corrected chi connectivity index (χ3v) is 5.61. The van der Waals surface area contributed by atoms with E-state index >= 15 is 0 Å². The lowest BCUT2D eigenvalue weighted by molar-refractivity contribution is 0.0140. The van der Waals surface area contributed by atoms with Crippen molar-refractivity contribution >= 4 is 11.7 Å². The van der Waals surface area contributed by atoms with E-state index in [1.165, 1.54) is 19.3 Å². The van der Waals surface area contributed by atoms with Crippen LogP contribution in [0.25, 0.3) is 0 Å². The minimum absolute atomic E-state index is 0.108. The smallest absolute Gasteiger partial charge is 0.321 e. The normalized spacial score (nSPS) is 14.5. The zero-order chi connectivity index (χ0) is 22.5.